The molecule has 2 atom stereocenters. The minimum atomic E-state index is -4.67. The number of thiazole rings is 1. The van der Waals surface area contributed by atoms with Gasteiger partial charge in [-0.25, -0.2) is 4.98 Å². The van der Waals surface area contributed by atoms with Gasteiger partial charge in [0.15, 0.2) is 16.9 Å². The number of alkyl halides is 3. The van der Waals surface area contributed by atoms with E-state index in [9.17, 15) is 28.0 Å². The Kier molecular flexibility index (Phi) is 12.7. The second-order valence-electron chi connectivity index (χ2n) is 10.5. The zero-order chi connectivity index (χ0) is 33.3. The lowest BCUT2D eigenvalue weighted by atomic mass is 9.97. The summed E-state index contributed by atoms with van der Waals surface area (Å²) in [5.74, 6) is -0.336. The number of carbonyl (C=O) groups excluding carboxylic acids is 2. The molecule has 2 amide bonds. The zero-order valence-electron chi connectivity index (χ0n) is 25.8. The summed E-state index contributed by atoms with van der Waals surface area (Å²) in [6.45, 7) is 11.0. The molecule has 15 heteroatoms. The maximum Gasteiger partial charge on any atom is 0.435 e. The van der Waals surface area contributed by atoms with Gasteiger partial charge >= 0.3 is 6.18 Å². The van der Waals surface area contributed by atoms with Gasteiger partial charge in [-0.1, -0.05) is 45.1 Å². The van der Waals surface area contributed by atoms with Crippen LogP contribution in [-0.4, -0.2) is 33.1 Å². The maximum absolute atomic E-state index is 13.0. The molecule has 4 rings (SSSR count). The number of hydrogen-bond donors (Lipinski definition) is 3. The average Bonchev–Trinajstić information content (AvgIpc) is 3.78. The number of rotatable bonds is 11. The van der Waals surface area contributed by atoms with E-state index in [1.165, 1.54) is 41.1 Å². The van der Waals surface area contributed by atoms with Gasteiger partial charge in [0, 0.05) is 29.5 Å². The average molecular weight is 680 g/mol. The van der Waals surface area contributed by atoms with Gasteiger partial charge in [-0.15, -0.1) is 22.7 Å². The number of carbonyl (C=O) groups is 2. The summed E-state index contributed by atoms with van der Waals surface area (Å²) < 4.78 is 40.0. The van der Waals surface area contributed by atoms with Crippen LogP contribution in [0.5, 0.6) is 0 Å². The number of aryl methyl sites for hydroxylation is 2. The first kappa shape index (κ1) is 35.7. The Balaban J connectivity index is 0.000000248. The van der Waals surface area contributed by atoms with Crippen LogP contribution in [0.25, 0.3) is 0 Å². The summed E-state index contributed by atoms with van der Waals surface area (Å²) in [7, 11) is 1.35. The van der Waals surface area contributed by atoms with Crippen molar-refractivity contribution in [3.63, 3.8) is 0 Å². The summed E-state index contributed by atoms with van der Waals surface area (Å²) in [6, 6.07) is 6.93. The van der Waals surface area contributed by atoms with Crippen LogP contribution in [0.15, 0.2) is 35.2 Å². The highest BCUT2D eigenvalue weighted by atomic mass is 32.1. The van der Waals surface area contributed by atoms with Gasteiger partial charge in [0.05, 0.1) is 23.0 Å². The van der Waals surface area contributed by atoms with E-state index in [1.54, 1.807) is 6.07 Å². The van der Waals surface area contributed by atoms with Crippen molar-refractivity contribution >= 4 is 56.6 Å². The molecular weight excluding hydrogens is 644 g/mol. The number of aromatic nitrogens is 3. The summed E-state index contributed by atoms with van der Waals surface area (Å²) in [6.07, 6.45) is -1.97. The van der Waals surface area contributed by atoms with Crippen LogP contribution in [0.3, 0.4) is 0 Å². The highest BCUT2D eigenvalue weighted by molar-refractivity contribution is 7.17. The number of thiophene rings is 2. The van der Waals surface area contributed by atoms with E-state index in [2.05, 4.69) is 45.9 Å². The van der Waals surface area contributed by atoms with Crippen molar-refractivity contribution in [2.45, 2.75) is 65.6 Å². The molecule has 0 radical (unpaired) electrons. The molecule has 242 valence electrons. The molecular formula is C30H36F3N7O2S3. The minimum absolute atomic E-state index is 0.219. The molecule has 0 bridgehead atoms. The van der Waals surface area contributed by atoms with Gasteiger partial charge in [-0.2, -0.15) is 23.5 Å². The van der Waals surface area contributed by atoms with Crippen LogP contribution in [-0.2, 0) is 19.6 Å². The Labute approximate surface area is 272 Å². The molecule has 4 aromatic rings. The molecule has 0 fully saturated rings. The first-order valence-electron chi connectivity index (χ1n) is 14.3. The SMILES string of the molecule is CC(C)CC(C)c1sccc1NC(=O)c1cn(C)nc1C(F)(F)F.CCNc1nc(CC)c(C(=O)NC(C#N)c2cccs2)s1. The standard InChI is InChI=1S/C16H20F3N3OS.C14H16N4OS2/c1-9(2)7-10(3)13-12(5-6-24-13)20-15(23)11-8-22(4)21-14(11)16(17,18)19;1-3-9-12(21-14(18-9)16-4-2)13(19)17-10(8-15)11-6-5-7-20-11/h5-6,8-10H,7H2,1-4H3,(H,20,23);5-7,10H,3-4H2,1-2H3,(H,16,18)(H,17,19). The van der Waals surface area contributed by atoms with Gasteiger partial charge < -0.3 is 16.0 Å². The predicted molar refractivity (Wildman–Crippen MR) is 174 cm³/mol. The molecule has 45 heavy (non-hydrogen) atoms. The van der Waals surface area contributed by atoms with Crippen molar-refractivity contribution in [3.8, 4) is 6.07 Å². The van der Waals surface area contributed by atoms with E-state index in [0.29, 0.717) is 22.9 Å². The van der Waals surface area contributed by atoms with Crippen LogP contribution in [0.1, 0.15) is 94.2 Å². The van der Waals surface area contributed by atoms with Crippen LogP contribution < -0.4 is 16.0 Å². The van der Waals surface area contributed by atoms with E-state index in [4.69, 9.17) is 0 Å². The first-order valence-corrected chi connectivity index (χ1v) is 16.8. The van der Waals surface area contributed by atoms with Crippen molar-refractivity contribution < 1.29 is 22.8 Å². The fourth-order valence-electron chi connectivity index (χ4n) is 4.49. The first-order chi connectivity index (χ1) is 21.3. The maximum atomic E-state index is 13.0. The lowest BCUT2D eigenvalue weighted by Gasteiger charge is -2.15. The summed E-state index contributed by atoms with van der Waals surface area (Å²) >= 11 is 4.27. The van der Waals surface area contributed by atoms with Crippen LogP contribution >= 0.6 is 34.0 Å². The van der Waals surface area contributed by atoms with Gasteiger partial charge in [-0.05, 0) is 54.5 Å². The smallest absolute Gasteiger partial charge is 0.362 e. The summed E-state index contributed by atoms with van der Waals surface area (Å²) in [4.78, 5) is 31.5. The fraction of sp³-hybridized carbons (Fsp3) is 0.433. The number of amides is 2. The Bertz CT molecular complexity index is 1600. The number of nitrogens with zero attached hydrogens (tertiary/aromatic N) is 4. The molecule has 0 saturated heterocycles. The summed E-state index contributed by atoms with van der Waals surface area (Å²) in [5, 5.41) is 25.5. The molecule has 2 unspecified atom stereocenters. The molecule has 4 heterocycles. The third kappa shape index (κ3) is 9.62. The quantitative estimate of drug-likeness (QED) is 0.147. The molecule has 3 N–H and O–H groups in total. The third-order valence-electron chi connectivity index (χ3n) is 6.36. The molecule has 0 aliphatic carbocycles. The lowest BCUT2D eigenvalue weighted by Crippen LogP contribution is -2.27. The van der Waals surface area contributed by atoms with Gasteiger partial charge in [0.2, 0.25) is 0 Å². The number of halogens is 3. The van der Waals surface area contributed by atoms with E-state index in [-0.39, 0.29) is 11.8 Å². The molecule has 0 spiro atoms. The molecule has 0 aliphatic heterocycles. The highest BCUT2D eigenvalue weighted by Crippen LogP contribution is 2.35. The van der Waals surface area contributed by atoms with E-state index in [0.717, 1.165) is 44.4 Å². The van der Waals surface area contributed by atoms with E-state index < -0.39 is 29.4 Å². The predicted octanol–water partition coefficient (Wildman–Crippen LogP) is 8.10. The molecule has 9 nitrogen and oxygen atoms in total. The van der Waals surface area contributed by atoms with Crippen LogP contribution in [0, 0.1) is 17.2 Å². The molecule has 0 aliphatic rings. The Morgan fingerprint density at radius 2 is 1.84 bits per heavy atom. The van der Waals surface area contributed by atoms with Crippen molar-refractivity contribution in [3.05, 3.63) is 66.7 Å². The van der Waals surface area contributed by atoms with Crippen molar-refractivity contribution in [2.24, 2.45) is 13.0 Å². The van der Waals surface area contributed by atoms with Crippen LogP contribution in [0.4, 0.5) is 24.0 Å². The highest BCUT2D eigenvalue weighted by Gasteiger charge is 2.39. The normalized spacial score (nSPS) is 12.6. The Morgan fingerprint density at radius 3 is 2.42 bits per heavy atom. The summed E-state index contributed by atoms with van der Waals surface area (Å²) in [5.41, 5.74) is -0.320. The van der Waals surface area contributed by atoms with Crippen LogP contribution in [0.2, 0.25) is 0 Å². The topological polar surface area (TPSA) is 125 Å². The lowest BCUT2D eigenvalue weighted by molar-refractivity contribution is -0.141. The fourth-order valence-corrected chi connectivity index (χ4v) is 7.16. The molecule has 0 saturated carbocycles. The second kappa shape index (κ2) is 16.0. The monoisotopic (exact) mass is 679 g/mol. The Morgan fingerprint density at radius 1 is 1.11 bits per heavy atom. The number of nitrogens with one attached hydrogen (secondary N) is 3. The van der Waals surface area contributed by atoms with Gasteiger partial charge in [0.1, 0.15) is 4.88 Å². The minimum Gasteiger partial charge on any atom is -0.362 e. The van der Waals surface area contributed by atoms with Crippen molar-refractivity contribution in [2.75, 3.05) is 17.2 Å². The number of nitriles is 1. The third-order valence-corrected chi connectivity index (χ3v) is 9.50. The molecule has 0 aromatic carbocycles. The number of hydrogen-bond acceptors (Lipinski definition) is 9. The second-order valence-corrected chi connectivity index (χ2v) is 13.4. The number of anilines is 2. The molecule has 4 aromatic heterocycles. The largest absolute Gasteiger partial charge is 0.435 e. The van der Waals surface area contributed by atoms with Gasteiger partial charge in [-0.3, -0.25) is 14.3 Å². The van der Waals surface area contributed by atoms with E-state index in [1.807, 2.05) is 43.7 Å². The van der Waals surface area contributed by atoms with Gasteiger partial charge in [0.25, 0.3) is 11.8 Å². The zero-order valence-corrected chi connectivity index (χ0v) is 28.2. The Hall–Kier alpha value is -3.74. The van der Waals surface area contributed by atoms with Crippen molar-refractivity contribution in [1.29, 1.82) is 5.26 Å². The van der Waals surface area contributed by atoms with E-state index >= 15 is 0 Å². The van der Waals surface area contributed by atoms with Crippen molar-refractivity contribution in [1.82, 2.24) is 20.1 Å².